The number of nitrogens with zero attached hydrogens (tertiary/aromatic N) is 2. The molecule has 0 aliphatic carbocycles. The Kier molecular flexibility index (Phi) is 6.08. The highest BCUT2D eigenvalue weighted by atomic mass is 79.9. The maximum absolute atomic E-state index is 5.94. The van der Waals surface area contributed by atoms with Crippen LogP contribution in [-0.2, 0) is 13.1 Å². The van der Waals surface area contributed by atoms with E-state index in [1.54, 1.807) is 12.5 Å². The van der Waals surface area contributed by atoms with Crippen LogP contribution in [0.2, 0.25) is 0 Å². The molecule has 1 aromatic heterocycles. The number of nitrogens with one attached hydrogen (secondary N) is 1. The molecule has 0 fully saturated rings. The summed E-state index contributed by atoms with van der Waals surface area (Å²) in [5.41, 5.74) is 1.18. The second-order valence-electron chi connectivity index (χ2n) is 4.55. The Morgan fingerprint density at radius 2 is 2.30 bits per heavy atom. The topological polar surface area (TPSA) is 39.1 Å². The Morgan fingerprint density at radius 3 is 3.05 bits per heavy atom. The van der Waals surface area contributed by atoms with E-state index in [9.17, 15) is 0 Å². The summed E-state index contributed by atoms with van der Waals surface area (Å²) in [6.07, 6.45) is 6.64. The Bertz CT molecular complexity index is 514. The van der Waals surface area contributed by atoms with Crippen molar-refractivity contribution >= 4 is 15.9 Å². The normalized spacial score (nSPS) is 10.7. The molecular formula is C15H20BrN3O. The maximum Gasteiger partial charge on any atom is 0.138 e. The van der Waals surface area contributed by atoms with Gasteiger partial charge in [-0.15, -0.1) is 0 Å². The zero-order valence-corrected chi connectivity index (χ0v) is 13.3. The number of aromatic nitrogens is 2. The summed E-state index contributed by atoms with van der Waals surface area (Å²) < 4.78 is 8.94. The van der Waals surface area contributed by atoms with Crippen LogP contribution in [-0.4, -0.2) is 22.7 Å². The third-order valence-corrected chi connectivity index (χ3v) is 3.57. The van der Waals surface area contributed by atoms with Crippen molar-refractivity contribution in [3.05, 3.63) is 47.0 Å². The molecule has 1 aromatic carbocycles. The van der Waals surface area contributed by atoms with Crippen LogP contribution in [0.1, 0.15) is 18.9 Å². The van der Waals surface area contributed by atoms with Crippen molar-refractivity contribution in [3.8, 4) is 5.75 Å². The summed E-state index contributed by atoms with van der Waals surface area (Å²) in [6.45, 7) is 5.42. The lowest BCUT2D eigenvalue weighted by Crippen LogP contribution is -2.15. The molecule has 0 unspecified atom stereocenters. The molecule has 0 aliphatic heterocycles. The van der Waals surface area contributed by atoms with Crippen LogP contribution >= 0.6 is 15.9 Å². The molecule has 1 heterocycles. The fourth-order valence-corrected chi connectivity index (χ4v) is 2.45. The van der Waals surface area contributed by atoms with Gasteiger partial charge in [0.25, 0.3) is 0 Å². The van der Waals surface area contributed by atoms with Crippen molar-refractivity contribution < 1.29 is 4.74 Å². The molecule has 0 atom stereocenters. The monoisotopic (exact) mass is 337 g/mol. The van der Waals surface area contributed by atoms with E-state index >= 15 is 0 Å². The van der Waals surface area contributed by atoms with E-state index in [1.165, 1.54) is 5.56 Å². The van der Waals surface area contributed by atoms with Crippen molar-refractivity contribution in [3.63, 3.8) is 0 Å². The van der Waals surface area contributed by atoms with Crippen molar-refractivity contribution in [2.24, 2.45) is 0 Å². The van der Waals surface area contributed by atoms with Gasteiger partial charge < -0.3 is 14.6 Å². The fraction of sp³-hybridized carbons (Fsp3) is 0.400. The SMILES string of the molecule is CCCNCc1cccc(Br)c1OCCn1ccnc1. The first-order chi connectivity index (χ1) is 9.81. The summed E-state index contributed by atoms with van der Waals surface area (Å²) in [6, 6.07) is 6.14. The van der Waals surface area contributed by atoms with Crippen LogP contribution in [0.4, 0.5) is 0 Å². The van der Waals surface area contributed by atoms with Crippen molar-refractivity contribution in [2.45, 2.75) is 26.4 Å². The first-order valence-electron chi connectivity index (χ1n) is 6.88. The summed E-state index contributed by atoms with van der Waals surface area (Å²) in [5.74, 6) is 0.927. The number of imidazole rings is 1. The van der Waals surface area contributed by atoms with Gasteiger partial charge in [0.1, 0.15) is 12.4 Å². The average Bonchev–Trinajstić information content (AvgIpc) is 2.95. The van der Waals surface area contributed by atoms with Gasteiger partial charge in [0.05, 0.1) is 17.3 Å². The smallest absolute Gasteiger partial charge is 0.138 e. The molecule has 5 heteroatoms. The lowest BCUT2D eigenvalue weighted by Gasteiger charge is -2.14. The van der Waals surface area contributed by atoms with Crippen LogP contribution in [0.25, 0.3) is 0 Å². The van der Waals surface area contributed by atoms with Gasteiger partial charge in [0.15, 0.2) is 0 Å². The van der Waals surface area contributed by atoms with Crippen LogP contribution in [0, 0.1) is 0 Å². The summed E-state index contributed by atoms with van der Waals surface area (Å²) in [4.78, 5) is 4.02. The van der Waals surface area contributed by atoms with Gasteiger partial charge in [-0.1, -0.05) is 19.1 Å². The third kappa shape index (κ3) is 4.35. The van der Waals surface area contributed by atoms with Gasteiger partial charge in [-0.2, -0.15) is 0 Å². The van der Waals surface area contributed by atoms with E-state index in [2.05, 4.69) is 39.2 Å². The first kappa shape index (κ1) is 15.1. The lowest BCUT2D eigenvalue weighted by molar-refractivity contribution is 0.293. The number of rotatable bonds is 8. The standard InChI is InChI=1S/C15H20BrN3O/c1-2-6-17-11-13-4-3-5-14(16)15(13)20-10-9-19-8-7-18-12-19/h3-5,7-8,12,17H,2,6,9-11H2,1H3. The van der Waals surface area contributed by atoms with Gasteiger partial charge in [-0.25, -0.2) is 4.98 Å². The second kappa shape index (κ2) is 8.07. The molecule has 1 N–H and O–H groups in total. The highest BCUT2D eigenvalue weighted by Gasteiger charge is 2.07. The molecule has 2 aromatic rings. The molecule has 0 saturated carbocycles. The van der Waals surface area contributed by atoms with Gasteiger partial charge in [-0.05, 0) is 35.0 Å². The minimum Gasteiger partial charge on any atom is -0.490 e. The van der Waals surface area contributed by atoms with Gasteiger partial charge in [0.2, 0.25) is 0 Å². The molecule has 0 amide bonds. The van der Waals surface area contributed by atoms with Crippen LogP contribution in [0.3, 0.4) is 0 Å². The lowest BCUT2D eigenvalue weighted by atomic mass is 10.2. The molecule has 20 heavy (non-hydrogen) atoms. The van der Waals surface area contributed by atoms with Crippen LogP contribution in [0.15, 0.2) is 41.4 Å². The number of benzene rings is 1. The highest BCUT2D eigenvalue weighted by Crippen LogP contribution is 2.29. The van der Waals surface area contributed by atoms with Gasteiger partial charge >= 0.3 is 0 Å². The molecule has 0 aliphatic rings. The van der Waals surface area contributed by atoms with E-state index in [-0.39, 0.29) is 0 Å². The molecule has 0 saturated heterocycles. The predicted molar refractivity (Wildman–Crippen MR) is 83.9 cm³/mol. The fourth-order valence-electron chi connectivity index (χ4n) is 1.93. The first-order valence-corrected chi connectivity index (χ1v) is 7.67. The number of hydrogen-bond donors (Lipinski definition) is 1. The van der Waals surface area contributed by atoms with Crippen molar-refractivity contribution in [1.82, 2.24) is 14.9 Å². The van der Waals surface area contributed by atoms with Crippen LogP contribution in [0.5, 0.6) is 5.75 Å². The Balaban J connectivity index is 1.94. The predicted octanol–water partition coefficient (Wildman–Crippen LogP) is 3.22. The Morgan fingerprint density at radius 1 is 1.40 bits per heavy atom. The van der Waals surface area contributed by atoms with Crippen molar-refractivity contribution in [2.75, 3.05) is 13.2 Å². The van der Waals surface area contributed by atoms with E-state index in [1.807, 2.05) is 22.9 Å². The zero-order valence-electron chi connectivity index (χ0n) is 11.7. The number of hydrogen-bond acceptors (Lipinski definition) is 3. The van der Waals surface area contributed by atoms with Crippen molar-refractivity contribution in [1.29, 1.82) is 0 Å². The van der Waals surface area contributed by atoms with E-state index in [0.717, 1.165) is 36.3 Å². The maximum atomic E-state index is 5.94. The molecule has 4 nitrogen and oxygen atoms in total. The molecular weight excluding hydrogens is 318 g/mol. The number of para-hydroxylation sites is 1. The highest BCUT2D eigenvalue weighted by molar-refractivity contribution is 9.10. The van der Waals surface area contributed by atoms with E-state index in [0.29, 0.717) is 6.61 Å². The summed E-state index contributed by atoms with van der Waals surface area (Å²) in [5, 5.41) is 3.41. The van der Waals surface area contributed by atoms with Crippen LogP contribution < -0.4 is 10.1 Å². The molecule has 0 spiro atoms. The Hall–Kier alpha value is -1.33. The minimum absolute atomic E-state index is 0.625. The van der Waals surface area contributed by atoms with Gasteiger partial charge in [-0.3, -0.25) is 0 Å². The largest absolute Gasteiger partial charge is 0.490 e. The second-order valence-corrected chi connectivity index (χ2v) is 5.41. The average molecular weight is 338 g/mol. The summed E-state index contributed by atoms with van der Waals surface area (Å²) in [7, 11) is 0. The third-order valence-electron chi connectivity index (χ3n) is 2.95. The van der Waals surface area contributed by atoms with Gasteiger partial charge in [0, 0.05) is 24.5 Å². The van der Waals surface area contributed by atoms with E-state index in [4.69, 9.17) is 4.74 Å². The molecule has 0 radical (unpaired) electrons. The Labute approximate surface area is 128 Å². The quantitative estimate of drug-likeness (QED) is 0.751. The summed E-state index contributed by atoms with van der Waals surface area (Å²) >= 11 is 3.56. The number of ether oxygens (including phenoxy) is 1. The molecule has 0 bridgehead atoms. The zero-order chi connectivity index (χ0) is 14.2. The molecule has 108 valence electrons. The number of halogens is 1. The van der Waals surface area contributed by atoms with E-state index < -0.39 is 0 Å². The minimum atomic E-state index is 0.625. The molecule has 2 rings (SSSR count).